The first-order valence-corrected chi connectivity index (χ1v) is 12.9. The van der Waals surface area contributed by atoms with E-state index in [4.69, 9.17) is 22.1 Å². The summed E-state index contributed by atoms with van der Waals surface area (Å²) in [5, 5.41) is 12.7. The number of anilines is 2. The third-order valence-corrected chi connectivity index (χ3v) is 7.34. The summed E-state index contributed by atoms with van der Waals surface area (Å²) in [6.45, 7) is 3.86. The summed E-state index contributed by atoms with van der Waals surface area (Å²) in [6, 6.07) is -0.0184. The quantitative estimate of drug-likeness (QED) is 0.265. The molecule has 204 valence electrons. The average Bonchev–Trinajstić information content (AvgIpc) is 3.46. The molecule has 39 heavy (non-hydrogen) atoms. The molecular formula is C26H29ClN8O4. The van der Waals surface area contributed by atoms with Gasteiger partial charge in [-0.05, 0) is 45.6 Å². The molecule has 13 heteroatoms. The average molecular weight is 553 g/mol. The number of H-pyrrole nitrogens is 1. The number of nitrogens with zero attached hydrogens (tertiary/aromatic N) is 5. The molecule has 0 radical (unpaired) electrons. The highest BCUT2D eigenvalue weighted by atomic mass is 35.5. The molecule has 5 rings (SSSR count). The van der Waals surface area contributed by atoms with Crippen molar-refractivity contribution < 1.29 is 19.4 Å². The normalized spacial score (nSPS) is 19.9. The number of rotatable bonds is 6. The van der Waals surface area contributed by atoms with E-state index in [2.05, 4.69) is 30.2 Å². The number of carbonyl (C=O) groups excluding carboxylic acids is 2. The van der Waals surface area contributed by atoms with Crippen LogP contribution in [0.1, 0.15) is 64.4 Å². The fraction of sp³-hybridized carbons (Fsp3) is 0.385. The molecule has 12 nitrogen and oxygen atoms in total. The van der Waals surface area contributed by atoms with E-state index in [1.807, 2.05) is 13.8 Å². The van der Waals surface area contributed by atoms with Crippen LogP contribution in [-0.2, 0) is 11.3 Å². The second kappa shape index (κ2) is 10.6. The number of halogens is 1. The van der Waals surface area contributed by atoms with Crippen LogP contribution < -0.4 is 20.7 Å². The number of aryl methyl sites for hydroxylation is 1. The van der Waals surface area contributed by atoms with Gasteiger partial charge in [0.25, 0.3) is 11.8 Å². The highest BCUT2D eigenvalue weighted by molar-refractivity contribution is 6.41. The zero-order valence-electron chi connectivity index (χ0n) is 21.8. The topological polar surface area (TPSA) is 172 Å². The molecule has 0 atom stereocenters. The molecule has 1 saturated carbocycles. The Bertz CT molecular complexity index is 1480. The van der Waals surface area contributed by atoms with Crippen molar-refractivity contribution in [2.24, 2.45) is 0 Å². The minimum absolute atomic E-state index is 0.0184. The van der Waals surface area contributed by atoms with Gasteiger partial charge in [0.05, 0.1) is 36.6 Å². The van der Waals surface area contributed by atoms with Crippen molar-refractivity contribution in [1.29, 1.82) is 0 Å². The van der Waals surface area contributed by atoms with Gasteiger partial charge in [-0.1, -0.05) is 11.6 Å². The number of aliphatic hydroxyl groups is 1. The molecule has 0 unspecified atom stereocenters. The van der Waals surface area contributed by atoms with Crippen molar-refractivity contribution in [3.05, 3.63) is 51.4 Å². The molecule has 5 N–H and O–H groups in total. The first-order chi connectivity index (χ1) is 18.7. The minimum atomic E-state index is -0.393. The number of methoxy groups -OCH3 is 1. The van der Waals surface area contributed by atoms with Crippen molar-refractivity contribution >= 4 is 46.8 Å². The van der Waals surface area contributed by atoms with Gasteiger partial charge in [0.15, 0.2) is 5.82 Å². The smallest absolute Gasteiger partial charge is 0.271 e. The summed E-state index contributed by atoms with van der Waals surface area (Å²) < 4.78 is 5.51. The lowest BCUT2D eigenvalue weighted by Crippen LogP contribution is -2.38. The number of hydrogen-bond donors (Lipinski definition) is 4. The lowest BCUT2D eigenvalue weighted by Gasteiger charge is -2.25. The molecule has 0 saturated heterocycles. The zero-order chi connectivity index (χ0) is 27.8. The monoisotopic (exact) mass is 552 g/mol. The molecule has 1 fully saturated rings. The van der Waals surface area contributed by atoms with E-state index in [1.54, 1.807) is 13.3 Å². The van der Waals surface area contributed by atoms with Gasteiger partial charge in [0, 0.05) is 29.6 Å². The van der Waals surface area contributed by atoms with Crippen molar-refractivity contribution in [1.82, 2.24) is 30.2 Å². The van der Waals surface area contributed by atoms with Gasteiger partial charge in [-0.15, -0.1) is 0 Å². The highest BCUT2D eigenvalue weighted by Crippen LogP contribution is 2.41. The molecule has 0 aromatic carbocycles. The van der Waals surface area contributed by atoms with Gasteiger partial charge in [0.2, 0.25) is 5.95 Å². The molecule has 2 amide bonds. The summed E-state index contributed by atoms with van der Waals surface area (Å²) in [7, 11) is 1.58. The molecule has 1 aliphatic heterocycles. The van der Waals surface area contributed by atoms with Gasteiger partial charge in [0.1, 0.15) is 22.4 Å². The number of ether oxygens (including phenoxy) is 1. The van der Waals surface area contributed by atoms with Crippen molar-refractivity contribution in [3.63, 3.8) is 0 Å². The molecular weight excluding hydrogens is 524 g/mol. The summed E-state index contributed by atoms with van der Waals surface area (Å²) in [4.78, 5) is 48.0. The molecule has 0 spiro atoms. The molecule has 4 heterocycles. The molecule has 2 aliphatic rings. The minimum Gasteiger partial charge on any atom is -0.496 e. The highest BCUT2D eigenvalue weighted by Gasteiger charge is 2.38. The number of pyridine rings is 1. The van der Waals surface area contributed by atoms with Gasteiger partial charge < -0.3 is 25.9 Å². The van der Waals surface area contributed by atoms with Crippen molar-refractivity contribution in [2.75, 3.05) is 17.7 Å². The van der Waals surface area contributed by atoms with Crippen LogP contribution in [0.2, 0.25) is 5.15 Å². The van der Waals surface area contributed by atoms with Gasteiger partial charge >= 0.3 is 0 Å². The van der Waals surface area contributed by atoms with E-state index < -0.39 is 5.91 Å². The van der Waals surface area contributed by atoms with Crippen LogP contribution in [-0.4, -0.2) is 61.1 Å². The number of aromatic amines is 1. The van der Waals surface area contributed by atoms with E-state index >= 15 is 0 Å². The summed E-state index contributed by atoms with van der Waals surface area (Å²) in [5.74, 6) is 0.435. The lowest BCUT2D eigenvalue weighted by molar-refractivity contribution is -0.113. The lowest BCUT2D eigenvalue weighted by atomic mass is 9.93. The van der Waals surface area contributed by atoms with Crippen LogP contribution in [0.3, 0.4) is 0 Å². The van der Waals surface area contributed by atoms with Crippen LogP contribution in [0.5, 0.6) is 5.75 Å². The number of aliphatic hydroxyl groups excluding tert-OH is 1. The number of nitrogens with one attached hydrogen (secondary N) is 2. The van der Waals surface area contributed by atoms with Crippen molar-refractivity contribution in [3.8, 4) is 5.75 Å². The number of nitrogen functional groups attached to an aromatic ring is 1. The molecule has 3 aromatic heterocycles. The van der Waals surface area contributed by atoms with Gasteiger partial charge in [-0.25, -0.2) is 9.97 Å². The van der Waals surface area contributed by atoms with Crippen LogP contribution in [0.25, 0.3) is 11.6 Å². The van der Waals surface area contributed by atoms with E-state index in [1.165, 1.54) is 17.2 Å². The van der Waals surface area contributed by atoms with E-state index in [-0.39, 0.29) is 58.6 Å². The van der Waals surface area contributed by atoms with Gasteiger partial charge in [-0.2, -0.15) is 4.98 Å². The summed E-state index contributed by atoms with van der Waals surface area (Å²) in [6.07, 6.45) is 7.08. The maximum Gasteiger partial charge on any atom is 0.271 e. The number of imidazole rings is 1. The van der Waals surface area contributed by atoms with E-state index in [0.717, 1.165) is 11.1 Å². The van der Waals surface area contributed by atoms with Crippen LogP contribution in [0.15, 0.2) is 12.4 Å². The number of carbonyl (C=O) groups is 2. The van der Waals surface area contributed by atoms with Crippen molar-refractivity contribution in [2.45, 2.75) is 58.2 Å². The first kappa shape index (κ1) is 26.6. The third kappa shape index (κ3) is 5.17. The second-order valence-corrected chi connectivity index (χ2v) is 10.1. The van der Waals surface area contributed by atoms with Crippen LogP contribution in [0, 0.1) is 13.8 Å². The Labute approximate surface area is 229 Å². The Balaban J connectivity index is 1.44. The van der Waals surface area contributed by atoms with E-state index in [0.29, 0.717) is 42.7 Å². The Hall–Kier alpha value is -4.03. The number of aromatic nitrogens is 5. The Kier molecular flexibility index (Phi) is 7.23. The maximum absolute atomic E-state index is 13.7. The summed E-state index contributed by atoms with van der Waals surface area (Å²) >= 11 is 6.44. The maximum atomic E-state index is 13.7. The van der Waals surface area contributed by atoms with Gasteiger partial charge in [-0.3, -0.25) is 19.5 Å². The van der Waals surface area contributed by atoms with E-state index in [9.17, 15) is 14.7 Å². The zero-order valence-corrected chi connectivity index (χ0v) is 22.5. The fourth-order valence-corrected chi connectivity index (χ4v) is 5.29. The first-order valence-electron chi connectivity index (χ1n) is 12.6. The number of hydrogen-bond acceptors (Lipinski definition) is 9. The predicted octanol–water partition coefficient (Wildman–Crippen LogP) is 2.58. The number of nitrogens with two attached hydrogens (primary N) is 1. The number of amides is 2. The fourth-order valence-electron chi connectivity index (χ4n) is 5.02. The second-order valence-electron chi connectivity index (χ2n) is 9.72. The predicted molar refractivity (Wildman–Crippen MR) is 145 cm³/mol. The number of fused-ring (bicyclic) bond motifs is 1. The van der Waals surface area contributed by atoms with Crippen LogP contribution >= 0.6 is 11.6 Å². The molecule has 1 aliphatic carbocycles. The SMILES string of the molecule is COc1c(C)cnc(CN2C(=O)C(=Cc3nc(C(=O)NC4CCC(O)CC4)c[nH]3)c3c(Cl)nc(N)nc32)c1C. The molecule has 3 aromatic rings. The Morgan fingerprint density at radius 1 is 1.28 bits per heavy atom. The summed E-state index contributed by atoms with van der Waals surface area (Å²) in [5.41, 5.74) is 8.87. The largest absolute Gasteiger partial charge is 0.496 e. The standard InChI is InChI=1S/C26H29ClN8O4/c1-12-9-29-18(13(2)21(12)39-3)11-35-23-20(22(27)33-26(28)34-23)16(25(35)38)8-19-30-10-17(32-19)24(37)31-14-4-6-15(36)7-5-14/h8-10,14-15,36H,4-7,11H2,1-3H3,(H,30,32)(H,31,37)(H2,28,33,34). The van der Waals surface area contributed by atoms with Crippen LogP contribution in [0.4, 0.5) is 11.8 Å². The molecule has 0 bridgehead atoms. The Morgan fingerprint density at radius 3 is 2.74 bits per heavy atom. The Morgan fingerprint density at radius 2 is 2.03 bits per heavy atom. The third-order valence-electron chi connectivity index (χ3n) is 7.06.